The zero-order valence-electron chi connectivity index (χ0n) is 14.1. The molecule has 5 heteroatoms. The van der Waals surface area contributed by atoms with Crippen LogP contribution in [0.1, 0.15) is 52.7 Å². The summed E-state index contributed by atoms with van der Waals surface area (Å²) in [7, 11) is 0. The van der Waals surface area contributed by atoms with Crippen LogP contribution in [0.3, 0.4) is 0 Å². The van der Waals surface area contributed by atoms with Crippen molar-refractivity contribution in [1.29, 1.82) is 0 Å². The van der Waals surface area contributed by atoms with Crippen LogP contribution >= 0.6 is 23.2 Å². The van der Waals surface area contributed by atoms with Crippen LogP contribution in [-0.2, 0) is 0 Å². The number of halogens is 2. The molecule has 0 aromatic heterocycles. The summed E-state index contributed by atoms with van der Waals surface area (Å²) in [4.78, 5) is 11.8. The van der Waals surface area contributed by atoms with Gasteiger partial charge in [-0.05, 0) is 72.3 Å². The van der Waals surface area contributed by atoms with Gasteiger partial charge in [0.25, 0.3) is 0 Å². The van der Waals surface area contributed by atoms with Crippen LogP contribution < -0.4 is 5.32 Å². The van der Waals surface area contributed by atoms with Gasteiger partial charge in [0.05, 0.1) is 27.3 Å². The second-order valence-corrected chi connectivity index (χ2v) is 8.62. The summed E-state index contributed by atoms with van der Waals surface area (Å²) < 4.78 is 0. The summed E-state index contributed by atoms with van der Waals surface area (Å²) >= 11 is 12.4. The van der Waals surface area contributed by atoms with Crippen molar-refractivity contribution >= 4 is 34.9 Å². The quantitative estimate of drug-likeness (QED) is 0.665. The molecule has 0 spiro atoms. The van der Waals surface area contributed by atoms with E-state index >= 15 is 0 Å². The second-order valence-electron chi connectivity index (χ2n) is 7.81. The molecule has 2 aromatic carbocycles. The smallest absolute Gasteiger partial charge is 0.337 e. The minimum absolute atomic E-state index is 0.0677. The third-order valence-electron chi connectivity index (χ3n) is 6.65. The molecule has 2 saturated carbocycles. The van der Waals surface area contributed by atoms with E-state index in [2.05, 4.69) is 11.4 Å². The van der Waals surface area contributed by atoms with Gasteiger partial charge in [-0.15, -0.1) is 0 Å². The van der Waals surface area contributed by atoms with Crippen molar-refractivity contribution in [2.45, 2.75) is 31.2 Å². The number of nitrogens with one attached hydrogen (secondary N) is 1. The van der Waals surface area contributed by atoms with Crippen molar-refractivity contribution in [2.75, 3.05) is 5.32 Å². The van der Waals surface area contributed by atoms with Gasteiger partial charge >= 0.3 is 5.97 Å². The van der Waals surface area contributed by atoms with E-state index in [0.29, 0.717) is 39.3 Å². The normalized spacial score (nSPS) is 31.2. The lowest BCUT2D eigenvalue weighted by Gasteiger charge is -2.44. The molecule has 2 fully saturated rings. The highest BCUT2D eigenvalue weighted by molar-refractivity contribution is 6.42. The highest BCUT2D eigenvalue weighted by Crippen LogP contribution is 2.64. The van der Waals surface area contributed by atoms with Crippen molar-refractivity contribution in [2.24, 2.45) is 17.8 Å². The van der Waals surface area contributed by atoms with Gasteiger partial charge in [0.2, 0.25) is 0 Å². The van der Waals surface area contributed by atoms with Crippen LogP contribution in [-0.4, -0.2) is 11.1 Å². The van der Waals surface area contributed by atoms with Crippen molar-refractivity contribution < 1.29 is 9.90 Å². The summed E-state index contributed by atoms with van der Waals surface area (Å²) in [5, 5.41) is 14.3. The van der Waals surface area contributed by atoms with E-state index in [9.17, 15) is 9.90 Å². The van der Waals surface area contributed by atoms with Gasteiger partial charge in [-0.2, -0.15) is 0 Å². The highest BCUT2D eigenvalue weighted by Gasteiger charge is 2.54. The zero-order chi connectivity index (χ0) is 18.0. The molecular formula is C21H19Cl2NO2. The number of anilines is 1. The first-order valence-corrected chi connectivity index (χ1v) is 9.88. The molecule has 3 aliphatic rings. The maximum Gasteiger partial charge on any atom is 0.337 e. The maximum atomic E-state index is 11.8. The molecule has 0 unspecified atom stereocenters. The van der Waals surface area contributed by atoms with Crippen LogP contribution in [0.15, 0.2) is 36.4 Å². The lowest BCUT2D eigenvalue weighted by molar-refractivity contribution is 0.0697. The number of carboxylic acid groups (broad SMARTS) is 1. The maximum absolute atomic E-state index is 11.8. The number of benzene rings is 2. The lowest BCUT2D eigenvalue weighted by Crippen LogP contribution is -2.36. The SMILES string of the molecule is O=C(O)c1cccc2c1N[C@H](c1ccc(Cl)c(Cl)c1)[C@H]1[C@H]3CC[C@@H](C3)[C@H]21. The summed E-state index contributed by atoms with van der Waals surface area (Å²) in [5.74, 6) is 1.34. The molecule has 2 aromatic rings. The first kappa shape index (κ1) is 16.5. The van der Waals surface area contributed by atoms with Gasteiger partial charge in [0, 0.05) is 0 Å². The predicted molar refractivity (Wildman–Crippen MR) is 103 cm³/mol. The number of hydrogen-bond acceptors (Lipinski definition) is 2. The number of rotatable bonds is 2. The Bertz CT molecular complexity index is 913. The predicted octanol–water partition coefficient (Wildman–Crippen LogP) is 5.99. The van der Waals surface area contributed by atoms with E-state index in [4.69, 9.17) is 23.2 Å². The lowest BCUT2D eigenvalue weighted by atomic mass is 9.67. The molecule has 3 nitrogen and oxygen atoms in total. The molecule has 134 valence electrons. The first-order valence-electron chi connectivity index (χ1n) is 9.12. The molecule has 0 amide bonds. The fraction of sp³-hybridized carbons (Fsp3) is 0.381. The Hall–Kier alpha value is -1.71. The van der Waals surface area contributed by atoms with Crippen molar-refractivity contribution in [3.63, 3.8) is 0 Å². The van der Waals surface area contributed by atoms with Crippen LogP contribution in [0.5, 0.6) is 0 Å². The third-order valence-corrected chi connectivity index (χ3v) is 7.39. The number of carboxylic acids is 1. The van der Waals surface area contributed by atoms with Crippen molar-refractivity contribution in [1.82, 2.24) is 0 Å². The van der Waals surface area contributed by atoms with E-state index in [-0.39, 0.29) is 6.04 Å². The number of hydrogen-bond donors (Lipinski definition) is 2. The van der Waals surface area contributed by atoms with E-state index in [1.807, 2.05) is 24.3 Å². The molecule has 1 heterocycles. The summed E-state index contributed by atoms with van der Waals surface area (Å²) in [5.41, 5.74) is 3.41. The van der Waals surface area contributed by atoms with E-state index < -0.39 is 5.97 Å². The van der Waals surface area contributed by atoms with Crippen LogP contribution in [0.2, 0.25) is 10.0 Å². The summed E-state index contributed by atoms with van der Waals surface area (Å²) in [6.07, 6.45) is 3.75. The highest BCUT2D eigenvalue weighted by atomic mass is 35.5. The molecule has 2 aliphatic carbocycles. The topological polar surface area (TPSA) is 49.3 Å². The molecule has 0 radical (unpaired) electrons. The molecule has 0 saturated heterocycles. The Morgan fingerprint density at radius 3 is 2.65 bits per heavy atom. The van der Waals surface area contributed by atoms with Crippen LogP contribution in [0, 0.1) is 17.8 Å². The van der Waals surface area contributed by atoms with Gasteiger partial charge in [-0.25, -0.2) is 4.79 Å². The Labute approximate surface area is 162 Å². The number of carbonyl (C=O) groups is 1. The Kier molecular flexibility index (Phi) is 3.74. The van der Waals surface area contributed by atoms with Gasteiger partial charge in [-0.1, -0.05) is 41.4 Å². The molecule has 5 atom stereocenters. The van der Waals surface area contributed by atoms with E-state index in [1.165, 1.54) is 24.8 Å². The van der Waals surface area contributed by atoms with Gasteiger partial charge < -0.3 is 10.4 Å². The Morgan fingerprint density at radius 1 is 1.08 bits per heavy atom. The number of aromatic carboxylic acids is 1. The largest absolute Gasteiger partial charge is 0.478 e. The minimum atomic E-state index is -0.885. The Morgan fingerprint density at radius 2 is 1.88 bits per heavy atom. The molecular weight excluding hydrogens is 369 g/mol. The minimum Gasteiger partial charge on any atom is -0.478 e. The van der Waals surface area contributed by atoms with Gasteiger partial charge in [0.15, 0.2) is 0 Å². The molecule has 2 N–H and O–H groups in total. The monoisotopic (exact) mass is 387 g/mol. The van der Waals surface area contributed by atoms with Crippen LogP contribution in [0.4, 0.5) is 5.69 Å². The third kappa shape index (κ3) is 2.30. The Balaban J connectivity index is 1.67. The van der Waals surface area contributed by atoms with Crippen molar-refractivity contribution in [3.05, 3.63) is 63.1 Å². The summed E-state index contributed by atoms with van der Waals surface area (Å²) in [6.45, 7) is 0. The molecule has 1 aliphatic heterocycles. The standard InChI is InChI=1S/C21H19Cl2NO2/c22-15-7-6-12(9-16(15)23)19-18-11-5-4-10(8-11)17(18)13-2-1-3-14(21(25)26)20(13)24-19/h1-3,6-7,9-11,17-19,24H,4-5,8H2,(H,25,26)/t10-,11-,17+,18-,19+/m0/s1. The average molecular weight is 388 g/mol. The van der Waals surface area contributed by atoms with Crippen LogP contribution in [0.25, 0.3) is 0 Å². The molecule has 5 rings (SSSR count). The number of fused-ring (bicyclic) bond motifs is 7. The molecule has 2 bridgehead atoms. The summed E-state index contributed by atoms with van der Waals surface area (Å²) in [6, 6.07) is 11.5. The second kappa shape index (κ2) is 5.90. The fourth-order valence-electron chi connectivity index (χ4n) is 5.73. The van der Waals surface area contributed by atoms with E-state index in [0.717, 1.165) is 11.3 Å². The van der Waals surface area contributed by atoms with E-state index in [1.54, 1.807) is 6.07 Å². The molecule has 26 heavy (non-hydrogen) atoms. The first-order chi connectivity index (χ1) is 12.5. The number of para-hydroxylation sites is 1. The zero-order valence-corrected chi connectivity index (χ0v) is 15.6. The fourth-order valence-corrected chi connectivity index (χ4v) is 6.03. The van der Waals surface area contributed by atoms with Gasteiger partial charge in [-0.3, -0.25) is 0 Å². The average Bonchev–Trinajstić information content (AvgIpc) is 3.25. The van der Waals surface area contributed by atoms with Gasteiger partial charge in [0.1, 0.15) is 0 Å². The van der Waals surface area contributed by atoms with Crippen molar-refractivity contribution in [3.8, 4) is 0 Å².